The minimum Gasteiger partial charge on any atom is -0.452 e. The second kappa shape index (κ2) is 9.61. The Labute approximate surface area is 215 Å². The molecule has 1 aromatic carbocycles. The molecule has 2 aromatic rings. The van der Waals surface area contributed by atoms with Crippen molar-refractivity contribution in [2.45, 2.75) is 56.4 Å². The third-order valence-electron chi connectivity index (χ3n) is 8.09. The summed E-state index contributed by atoms with van der Waals surface area (Å²) in [7, 11) is -3.85. The highest BCUT2D eigenvalue weighted by molar-refractivity contribution is 7.89. The number of carbonyl (C=O) groups is 2. The van der Waals surface area contributed by atoms with Gasteiger partial charge in [-0.2, -0.15) is 5.26 Å². The van der Waals surface area contributed by atoms with E-state index in [1.165, 1.54) is 54.9 Å². The van der Waals surface area contributed by atoms with Crippen molar-refractivity contribution in [3.05, 3.63) is 46.8 Å². The number of nitriles is 1. The summed E-state index contributed by atoms with van der Waals surface area (Å²) in [4.78, 5) is 24.7. The number of esters is 1. The Kier molecular flexibility index (Phi) is 6.66. The van der Waals surface area contributed by atoms with E-state index in [0.717, 1.165) is 19.3 Å². The maximum atomic E-state index is 13.3. The third kappa shape index (κ3) is 4.92. The van der Waals surface area contributed by atoms with Crippen LogP contribution >= 0.6 is 11.3 Å². The fourth-order valence-electron chi connectivity index (χ4n) is 6.80. The highest BCUT2D eigenvalue weighted by Gasteiger charge is 2.53. The number of carbonyl (C=O) groups excluding carboxylic acids is 2. The predicted octanol–water partition coefficient (Wildman–Crippen LogP) is 4.30. The minimum absolute atomic E-state index is 0.00442. The molecule has 1 atom stereocenters. The van der Waals surface area contributed by atoms with Crippen LogP contribution in [0.25, 0.3) is 0 Å². The SMILES string of the molecule is CC(NS(=O)(=O)c1cccc(C(=O)OCC(=O)Nc2sccc2C#N)c1)C12CC3CC(CC(C3)C1)C2. The summed E-state index contributed by atoms with van der Waals surface area (Å²) in [6.07, 6.45) is 7.10. The lowest BCUT2D eigenvalue weighted by Crippen LogP contribution is -2.55. The lowest BCUT2D eigenvalue weighted by Gasteiger charge is -2.59. The first kappa shape index (κ1) is 24.9. The lowest BCUT2D eigenvalue weighted by atomic mass is 9.48. The minimum atomic E-state index is -3.85. The van der Waals surface area contributed by atoms with Gasteiger partial charge in [-0.15, -0.1) is 11.3 Å². The number of benzene rings is 1. The summed E-state index contributed by atoms with van der Waals surface area (Å²) in [5.74, 6) is 0.750. The van der Waals surface area contributed by atoms with Crippen LogP contribution < -0.4 is 10.0 Å². The van der Waals surface area contributed by atoms with Crippen LogP contribution in [0.2, 0.25) is 0 Å². The summed E-state index contributed by atoms with van der Waals surface area (Å²) < 4.78 is 34.5. The van der Waals surface area contributed by atoms with Crippen LogP contribution in [0.4, 0.5) is 5.00 Å². The largest absolute Gasteiger partial charge is 0.452 e. The van der Waals surface area contributed by atoms with Crippen molar-refractivity contribution < 1.29 is 22.7 Å². The molecule has 0 radical (unpaired) electrons. The maximum Gasteiger partial charge on any atom is 0.338 e. The third-order valence-corrected chi connectivity index (χ3v) is 10.5. The van der Waals surface area contributed by atoms with E-state index in [1.54, 1.807) is 11.4 Å². The number of thiophene rings is 1. The van der Waals surface area contributed by atoms with Crippen molar-refractivity contribution in [1.29, 1.82) is 5.26 Å². The van der Waals surface area contributed by atoms with E-state index in [4.69, 9.17) is 10.00 Å². The van der Waals surface area contributed by atoms with Crippen LogP contribution in [0.1, 0.15) is 61.4 Å². The van der Waals surface area contributed by atoms with Gasteiger partial charge in [0.2, 0.25) is 10.0 Å². The van der Waals surface area contributed by atoms with Gasteiger partial charge in [-0.3, -0.25) is 4.79 Å². The van der Waals surface area contributed by atoms with Gasteiger partial charge in [0.05, 0.1) is 16.0 Å². The number of rotatable bonds is 8. The molecule has 4 aliphatic carbocycles. The van der Waals surface area contributed by atoms with E-state index in [2.05, 4.69) is 10.0 Å². The zero-order chi connectivity index (χ0) is 25.5. The Morgan fingerprint density at radius 2 is 1.83 bits per heavy atom. The zero-order valence-corrected chi connectivity index (χ0v) is 21.7. The van der Waals surface area contributed by atoms with Gasteiger partial charge >= 0.3 is 5.97 Å². The topological polar surface area (TPSA) is 125 Å². The normalized spacial score (nSPS) is 27.3. The Bertz CT molecular complexity index is 1290. The van der Waals surface area contributed by atoms with Crippen LogP contribution in [0.5, 0.6) is 0 Å². The Hall–Kier alpha value is -2.74. The molecule has 0 saturated heterocycles. The number of anilines is 1. The maximum absolute atomic E-state index is 13.3. The van der Waals surface area contributed by atoms with Gasteiger partial charge in [0, 0.05) is 6.04 Å². The number of nitrogens with zero attached hydrogens (tertiary/aromatic N) is 1. The lowest BCUT2D eigenvalue weighted by molar-refractivity contribution is -0.119. The highest BCUT2D eigenvalue weighted by Crippen LogP contribution is 2.61. The monoisotopic (exact) mass is 527 g/mol. The van der Waals surface area contributed by atoms with Crippen molar-refractivity contribution >= 4 is 38.2 Å². The molecule has 0 aliphatic heterocycles. The molecule has 1 heterocycles. The smallest absolute Gasteiger partial charge is 0.338 e. The molecule has 4 saturated carbocycles. The number of ether oxygens (including phenoxy) is 1. The van der Waals surface area contributed by atoms with Crippen LogP contribution in [0.15, 0.2) is 40.6 Å². The van der Waals surface area contributed by atoms with E-state index in [1.807, 2.05) is 13.0 Å². The Balaban J connectivity index is 1.22. The molecule has 4 bridgehead atoms. The number of nitrogens with one attached hydrogen (secondary N) is 2. The first-order valence-corrected chi connectivity index (χ1v) is 14.6. The van der Waals surface area contributed by atoms with Gasteiger partial charge in [0.1, 0.15) is 11.1 Å². The molecular formula is C26H29N3O5S2. The van der Waals surface area contributed by atoms with E-state index in [0.29, 0.717) is 28.3 Å². The first-order chi connectivity index (χ1) is 17.2. The van der Waals surface area contributed by atoms with E-state index < -0.39 is 28.5 Å². The van der Waals surface area contributed by atoms with Gasteiger partial charge in [-0.25, -0.2) is 17.9 Å². The van der Waals surface area contributed by atoms with Crippen molar-refractivity contribution in [3.63, 3.8) is 0 Å². The average Bonchev–Trinajstić information content (AvgIpc) is 3.28. The van der Waals surface area contributed by atoms with Crippen molar-refractivity contribution in [3.8, 4) is 6.07 Å². The Morgan fingerprint density at radius 3 is 2.47 bits per heavy atom. The van der Waals surface area contributed by atoms with Crippen LogP contribution in [-0.2, 0) is 19.6 Å². The van der Waals surface area contributed by atoms with Gasteiger partial charge in [0.25, 0.3) is 5.91 Å². The molecule has 10 heteroatoms. The van der Waals surface area contributed by atoms with Gasteiger partial charge in [-0.1, -0.05) is 6.07 Å². The molecule has 6 rings (SSSR count). The Morgan fingerprint density at radius 1 is 1.17 bits per heavy atom. The summed E-state index contributed by atoms with van der Waals surface area (Å²) in [5.41, 5.74) is 0.384. The number of hydrogen-bond donors (Lipinski definition) is 2. The molecular weight excluding hydrogens is 498 g/mol. The quantitative estimate of drug-likeness (QED) is 0.493. The first-order valence-electron chi connectivity index (χ1n) is 12.2. The number of sulfonamides is 1. The summed E-state index contributed by atoms with van der Waals surface area (Å²) >= 11 is 1.19. The summed E-state index contributed by atoms with van der Waals surface area (Å²) in [6.45, 7) is 1.42. The van der Waals surface area contributed by atoms with Gasteiger partial charge < -0.3 is 10.1 Å². The summed E-state index contributed by atoms with van der Waals surface area (Å²) in [6, 6.07) is 9.04. The van der Waals surface area contributed by atoms with Gasteiger partial charge in [-0.05, 0) is 98.3 Å². The summed E-state index contributed by atoms with van der Waals surface area (Å²) in [5, 5.41) is 13.6. The number of amides is 1. The van der Waals surface area contributed by atoms with E-state index >= 15 is 0 Å². The molecule has 1 amide bonds. The molecule has 190 valence electrons. The van der Waals surface area contributed by atoms with Crippen LogP contribution in [0.3, 0.4) is 0 Å². The average molecular weight is 528 g/mol. The van der Waals surface area contributed by atoms with Crippen molar-refractivity contribution in [1.82, 2.24) is 4.72 Å². The molecule has 0 spiro atoms. The van der Waals surface area contributed by atoms with Gasteiger partial charge in [0.15, 0.2) is 6.61 Å². The van der Waals surface area contributed by atoms with Crippen molar-refractivity contribution in [2.75, 3.05) is 11.9 Å². The van der Waals surface area contributed by atoms with E-state index in [9.17, 15) is 18.0 Å². The highest BCUT2D eigenvalue weighted by atomic mass is 32.2. The molecule has 1 aromatic heterocycles. The molecule has 36 heavy (non-hydrogen) atoms. The van der Waals surface area contributed by atoms with Crippen LogP contribution in [-0.4, -0.2) is 32.9 Å². The standard InChI is InChI=1S/C26H29N3O5S2/c1-16(26-11-17-7-18(12-26)9-19(8-17)13-26)29-36(32,33)22-4-2-3-20(10-22)25(31)34-15-23(30)28-24-21(14-27)5-6-35-24/h2-6,10,16-19,29H,7-9,11-13,15H2,1H3,(H,28,30). The van der Waals surface area contributed by atoms with E-state index in [-0.39, 0.29) is 21.9 Å². The zero-order valence-electron chi connectivity index (χ0n) is 20.0. The van der Waals surface area contributed by atoms with Crippen molar-refractivity contribution in [2.24, 2.45) is 23.2 Å². The molecule has 8 nitrogen and oxygen atoms in total. The number of hydrogen-bond acceptors (Lipinski definition) is 7. The predicted molar refractivity (Wildman–Crippen MR) is 135 cm³/mol. The molecule has 4 fully saturated rings. The second-order valence-electron chi connectivity index (χ2n) is 10.6. The second-order valence-corrected chi connectivity index (χ2v) is 13.2. The molecule has 2 N–H and O–H groups in total. The fourth-order valence-corrected chi connectivity index (χ4v) is 8.94. The molecule has 4 aliphatic rings. The fraction of sp³-hybridized carbons (Fsp3) is 0.500. The van der Waals surface area contributed by atoms with Crippen LogP contribution in [0, 0.1) is 34.5 Å². The molecule has 1 unspecified atom stereocenters.